The third-order valence-electron chi connectivity index (χ3n) is 4.25. The monoisotopic (exact) mass is 254 g/mol. The maximum atomic E-state index is 11.9. The highest BCUT2D eigenvalue weighted by Crippen LogP contribution is 2.29. The van der Waals surface area contributed by atoms with Crippen molar-refractivity contribution in [3.05, 3.63) is 0 Å². The first-order valence-electron chi connectivity index (χ1n) is 6.77. The maximum absolute atomic E-state index is 11.9. The first-order valence-corrected chi connectivity index (χ1v) is 6.77. The molecule has 0 aromatic rings. The number of piperidine rings is 2. The molecule has 102 valence electrons. The Morgan fingerprint density at radius 2 is 2.00 bits per heavy atom. The van der Waals surface area contributed by atoms with E-state index in [-0.39, 0.29) is 18.7 Å². The largest absolute Gasteiger partial charge is 0.481 e. The summed E-state index contributed by atoms with van der Waals surface area (Å²) in [5.74, 6) is -0.314. The van der Waals surface area contributed by atoms with Crippen LogP contribution in [0.4, 0.5) is 0 Å². The van der Waals surface area contributed by atoms with Gasteiger partial charge in [0.05, 0.1) is 6.42 Å². The van der Waals surface area contributed by atoms with Gasteiger partial charge in [-0.15, -0.1) is 0 Å². The second-order valence-corrected chi connectivity index (χ2v) is 5.47. The van der Waals surface area contributed by atoms with E-state index in [2.05, 4.69) is 11.9 Å². The number of carbonyl (C=O) groups is 2. The molecule has 18 heavy (non-hydrogen) atoms. The summed E-state index contributed by atoms with van der Waals surface area (Å²) in [6.45, 7) is 2.76. The lowest BCUT2D eigenvalue weighted by atomic mass is 9.84. The Kier molecular flexibility index (Phi) is 4.22. The van der Waals surface area contributed by atoms with Gasteiger partial charge in [-0.1, -0.05) is 0 Å². The van der Waals surface area contributed by atoms with Gasteiger partial charge in [0.2, 0.25) is 5.91 Å². The molecule has 2 saturated heterocycles. The van der Waals surface area contributed by atoms with Crippen molar-refractivity contribution in [3.63, 3.8) is 0 Å². The van der Waals surface area contributed by atoms with Crippen molar-refractivity contribution in [3.8, 4) is 0 Å². The van der Waals surface area contributed by atoms with Crippen LogP contribution in [0.5, 0.6) is 0 Å². The summed E-state index contributed by atoms with van der Waals surface area (Å²) in [5, 5.41) is 8.61. The Morgan fingerprint density at radius 1 is 1.22 bits per heavy atom. The van der Waals surface area contributed by atoms with Crippen LogP contribution in [0.2, 0.25) is 0 Å². The zero-order chi connectivity index (χ0) is 13.1. The number of rotatable bonds is 3. The highest BCUT2D eigenvalue weighted by molar-refractivity contribution is 5.80. The highest BCUT2D eigenvalue weighted by atomic mass is 16.4. The fourth-order valence-electron chi connectivity index (χ4n) is 3.25. The Balaban J connectivity index is 1.86. The van der Waals surface area contributed by atoms with E-state index >= 15 is 0 Å². The minimum absolute atomic E-state index is 0.00377. The Bertz CT molecular complexity index is 332. The van der Waals surface area contributed by atoms with Crippen LogP contribution in [0.1, 0.15) is 32.1 Å². The maximum Gasteiger partial charge on any atom is 0.303 e. The summed E-state index contributed by atoms with van der Waals surface area (Å²) in [7, 11) is 2.17. The zero-order valence-electron chi connectivity index (χ0n) is 11.0. The number of aliphatic carboxylic acids is 1. The summed E-state index contributed by atoms with van der Waals surface area (Å²) in [6.07, 6.45) is 3.51. The van der Waals surface area contributed by atoms with Crippen LogP contribution in [-0.2, 0) is 9.59 Å². The molecular weight excluding hydrogens is 232 g/mol. The number of carbonyl (C=O) groups excluding carboxylic acids is 1. The van der Waals surface area contributed by atoms with Gasteiger partial charge in [-0.05, 0) is 38.8 Å². The van der Waals surface area contributed by atoms with E-state index in [1.165, 1.54) is 12.8 Å². The van der Waals surface area contributed by atoms with Crippen molar-refractivity contribution in [2.45, 2.75) is 38.1 Å². The molecule has 0 bridgehead atoms. The topological polar surface area (TPSA) is 60.9 Å². The molecule has 1 N–H and O–H groups in total. The fourth-order valence-corrected chi connectivity index (χ4v) is 3.25. The van der Waals surface area contributed by atoms with Gasteiger partial charge in [-0.2, -0.15) is 0 Å². The van der Waals surface area contributed by atoms with Crippen LogP contribution in [0.25, 0.3) is 0 Å². The number of fused-ring (bicyclic) bond motifs is 1. The lowest BCUT2D eigenvalue weighted by Crippen LogP contribution is -2.53. The van der Waals surface area contributed by atoms with Gasteiger partial charge < -0.3 is 14.9 Å². The first kappa shape index (κ1) is 13.3. The average molecular weight is 254 g/mol. The Hall–Kier alpha value is -1.10. The highest BCUT2D eigenvalue weighted by Gasteiger charge is 2.35. The van der Waals surface area contributed by atoms with Crippen LogP contribution in [0, 0.1) is 5.92 Å². The molecule has 2 atom stereocenters. The van der Waals surface area contributed by atoms with Gasteiger partial charge in [0.1, 0.15) is 0 Å². The van der Waals surface area contributed by atoms with E-state index in [1.807, 2.05) is 4.90 Å². The molecule has 0 spiro atoms. The van der Waals surface area contributed by atoms with Crippen molar-refractivity contribution in [1.29, 1.82) is 0 Å². The van der Waals surface area contributed by atoms with E-state index < -0.39 is 5.97 Å². The van der Waals surface area contributed by atoms with Crippen LogP contribution in [0.15, 0.2) is 0 Å². The minimum atomic E-state index is -0.893. The molecule has 5 heteroatoms. The van der Waals surface area contributed by atoms with Crippen molar-refractivity contribution in [2.75, 3.05) is 26.7 Å². The van der Waals surface area contributed by atoms with Gasteiger partial charge in [0.15, 0.2) is 0 Å². The fraction of sp³-hybridized carbons (Fsp3) is 0.846. The van der Waals surface area contributed by atoms with E-state index in [0.717, 1.165) is 26.1 Å². The molecule has 1 amide bonds. The third-order valence-corrected chi connectivity index (χ3v) is 4.25. The molecule has 2 aliphatic heterocycles. The lowest BCUT2D eigenvalue weighted by molar-refractivity contribution is -0.142. The normalized spacial score (nSPS) is 28.8. The number of likely N-dealkylation sites (tertiary alicyclic amines) is 2. The van der Waals surface area contributed by atoms with Crippen LogP contribution >= 0.6 is 0 Å². The zero-order valence-corrected chi connectivity index (χ0v) is 11.0. The summed E-state index contributed by atoms with van der Waals surface area (Å²) in [4.78, 5) is 26.7. The predicted octanol–water partition coefficient (Wildman–Crippen LogP) is 0.794. The molecule has 0 radical (unpaired) electrons. The second kappa shape index (κ2) is 5.69. The molecule has 2 fully saturated rings. The van der Waals surface area contributed by atoms with Gasteiger partial charge in [-0.25, -0.2) is 0 Å². The van der Waals surface area contributed by atoms with Crippen molar-refractivity contribution >= 4 is 11.9 Å². The number of carboxylic acids is 1. The molecule has 0 aromatic heterocycles. The Morgan fingerprint density at radius 3 is 2.72 bits per heavy atom. The van der Waals surface area contributed by atoms with Gasteiger partial charge in [0.25, 0.3) is 0 Å². The van der Waals surface area contributed by atoms with Gasteiger partial charge in [0, 0.05) is 25.6 Å². The third kappa shape index (κ3) is 3.02. The van der Waals surface area contributed by atoms with Crippen LogP contribution in [-0.4, -0.2) is 59.5 Å². The summed E-state index contributed by atoms with van der Waals surface area (Å²) in [6, 6.07) is 0.613. The van der Waals surface area contributed by atoms with Crippen LogP contribution in [0.3, 0.4) is 0 Å². The van der Waals surface area contributed by atoms with E-state index in [4.69, 9.17) is 5.11 Å². The number of nitrogens with zero attached hydrogens (tertiary/aromatic N) is 2. The minimum Gasteiger partial charge on any atom is -0.481 e. The summed E-state index contributed by atoms with van der Waals surface area (Å²) >= 11 is 0. The molecule has 5 nitrogen and oxygen atoms in total. The van der Waals surface area contributed by atoms with E-state index in [9.17, 15) is 9.59 Å². The van der Waals surface area contributed by atoms with E-state index in [1.54, 1.807) is 0 Å². The molecule has 2 rings (SSSR count). The van der Waals surface area contributed by atoms with Crippen molar-refractivity contribution in [2.24, 2.45) is 5.92 Å². The van der Waals surface area contributed by atoms with Crippen LogP contribution < -0.4 is 0 Å². The Labute approximate surface area is 108 Å². The number of hydrogen-bond acceptors (Lipinski definition) is 3. The number of hydrogen-bond donors (Lipinski definition) is 1. The quantitative estimate of drug-likeness (QED) is 0.809. The summed E-state index contributed by atoms with van der Waals surface area (Å²) in [5.41, 5.74) is 0. The second-order valence-electron chi connectivity index (χ2n) is 5.47. The predicted molar refractivity (Wildman–Crippen MR) is 67.2 cm³/mol. The standard InChI is InChI=1S/C13H22N2O3/c1-14-7-2-3-10-9-15(8-6-11(10)14)12(16)4-5-13(17)18/h10-11H,2-9H2,1H3,(H,17,18). The van der Waals surface area contributed by atoms with Crippen molar-refractivity contribution in [1.82, 2.24) is 9.80 Å². The molecule has 0 aliphatic carbocycles. The number of amides is 1. The smallest absolute Gasteiger partial charge is 0.303 e. The SMILES string of the molecule is CN1CCCC2CN(C(=O)CCC(=O)O)CCC21. The molecule has 2 heterocycles. The van der Waals surface area contributed by atoms with E-state index in [0.29, 0.717) is 12.0 Å². The van der Waals surface area contributed by atoms with Gasteiger partial charge in [-0.3, -0.25) is 9.59 Å². The molecule has 0 saturated carbocycles. The molecule has 2 unspecified atom stereocenters. The molecule has 2 aliphatic rings. The number of carboxylic acid groups (broad SMARTS) is 1. The average Bonchev–Trinajstić information content (AvgIpc) is 2.35. The first-order chi connectivity index (χ1) is 8.58. The molecule has 0 aromatic carbocycles. The van der Waals surface area contributed by atoms with Crippen molar-refractivity contribution < 1.29 is 14.7 Å². The van der Waals surface area contributed by atoms with Gasteiger partial charge >= 0.3 is 5.97 Å². The lowest BCUT2D eigenvalue weighted by Gasteiger charge is -2.46. The molecular formula is C13H22N2O3. The summed E-state index contributed by atoms with van der Waals surface area (Å²) < 4.78 is 0.